The number of nitrogens with zero attached hydrogens (tertiary/aromatic N) is 1. The molecule has 0 aliphatic rings. The molecule has 0 saturated carbocycles. The SMILES string of the molecule is COC(=O)[C@H](C)N(C)C. The molecule has 0 aliphatic heterocycles. The highest BCUT2D eigenvalue weighted by molar-refractivity contribution is 5.74. The lowest BCUT2D eigenvalue weighted by molar-refractivity contribution is -0.145. The van der Waals surface area contributed by atoms with Gasteiger partial charge >= 0.3 is 5.97 Å². The van der Waals surface area contributed by atoms with Gasteiger partial charge in [-0.1, -0.05) is 0 Å². The minimum atomic E-state index is -0.194. The van der Waals surface area contributed by atoms with E-state index in [0.29, 0.717) is 0 Å². The van der Waals surface area contributed by atoms with E-state index in [-0.39, 0.29) is 12.0 Å². The van der Waals surface area contributed by atoms with Gasteiger partial charge in [-0.2, -0.15) is 0 Å². The molecule has 54 valence electrons. The first-order valence-electron chi connectivity index (χ1n) is 2.84. The number of carbonyl (C=O) groups is 1. The lowest BCUT2D eigenvalue weighted by atomic mass is 10.3. The van der Waals surface area contributed by atoms with Crippen LogP contribution in [-0.2, 0) is 9.53 Å². The largest absolute Gasteiger partial charge is 0.468 e. The van der Waals surface area contributed by atoms with E-state index in [2.05, 4.69) is 4.74 Å². The second kappa shape index (κ2) is 3.45. The minimum Gasteiger partial charge on any atom is -0.468 e. The molecule has 0 bridgehead atoms. The van der Waals surface area contributed by atoms with Gasteiger partial charge in [0.1, 0.15) is 6.04 Å². The number of esters is 1. The highest BCUT2D eigenvalue weighted by Crippen LogP contribution is 1.92. The summed E-state index contributed by atoms with van der Waals surface area (Å²) >= 11 is 0. The molecule has 0 heterocycles. The van der Waals surface area contributed by atoms with Gasteiger partial charge in [0.25, 0.3) is 0 Å². The fraction of sp³-hybridized carbons (Fsp3) is 0.833. The maximum absolute atomic E-state index is 10.7. The molecule has 9 heavy (non-hydrogen) atoms. The molecule has 0 radical (unpaired) electrons. The van der Waals surface area contributed by atoms with Crippen molar-refractivity contribution >= 4 is 5.97 Å². The Hall–Kier alpha value is -0.570. The molecule has 1 atom stereocenters. The minimum absolute atomic E-state index is 0.144. The molecular weight excluding hydrogens is 118 g/mol. The Morgan fingerprint density at radius 1 is 1.56 bits per heavy atom. The molecule has 0 saturated heterocycles. The molecule has 0 amide bonds. The van der Waals surface area contributed by atoms with Gasteiger partial charge in [0.05, 0.1) is 7.11 Å². The molecule has 0 aliphatic carbocycles. The van der Waals surface area contributed by atoms with Crippen molar-refractivity contribution in [1.82, 2.24) is 4.90 Å². The third-order valence-electron chi connectivity index (χ3n) is 1.32. The van der Waals surface area contributed by atoms with Gasteiger partial charge in [0, 0.05) is 0 Å². The monoisotopic (exact) mass is 131 g/mol. The van der Waals surface area contributed by atoms with E-state index in [0.717, 1.165) is 0 Å². The highest BCUT2D eigenvalue weighted by atomic mass is 16.5. The number of ether oxygens (including phenoxy) is 1. The third kappa shape index (κ3) is 2.46. The normalized spacial score (nSPS) is 13.4. The fourth-order valence-electron chi connectivity index (χ4n) is 0.381. The molecule has 0 unspecified atom stereocenters. The van der Waals surface area contributed by atoms with Crippen molar-refractivity contribution in [3.63, 3.8) is 0 Å². The standard InChI is InChI=1S/C6H13NO2/c1-5(7(2)3)6(8)9-4/h5H,1-4H3/t5-/m0/s1. The Labute approximate surface area is 55.6 Å². The van der Waals surface area contributed by atoms with Gasteiger partial charge in [-0.15, -0.1) is 0 Å². The summed E-state index contributed by atoms with van der Waals surface area (Å²) in [4.78, 5) is 12.5. The third-order valence-corrected chi connectivity index (χ3v) is 1.32. The summed E-state index contributed by atoms with van der Waals surface area (Å²) in [6.07, 6.45) is 0. The lowest BCUT2D eigenvalue weighted by Gasteiger charge is -2.16. The molecule has 0 fully saturated rings. The number of likely N-dealkylation sites (N-methyl/N-ethyl adjacent to an activating group) is 1. The van der Waals surface area contributed by atoms with Crippen LogP contribution in [0.5, 0.6) is 0 Å². The molecule has 0 N–H and O–H groups in total. The van der Waals surface area contributed by atoms with Gasteiger partial charge in [-0.25, -0.2) is 0 Å². The first-order valence-corrected chi connectivity index (χ1v) is 2.84. The predicted octanol–water partition coefficient (Wildman–Crippen LogP) is 0.109. The Bertz CT molecular complexity index is 101. The van der Waals surface area contributed by atoms with Gasteiger partial charge in [-0.05, 0) is 21.0 Å². The Balaban J connectivity index is 3.72. The van der Waals surface area contributed by atoms with E-state index in [4.69, 9.17) is 0 Å². The maximum atomic E-state index is 10.7. The zero-order chi connectivity index (χ0) is 7.44. The summed E-state index contributed by atoms with van der Waals surface area (Å²) in [5.41, 5.74) is 0. The van der Waals surface area contributed by atoms with Crippen molar-refractivity contribution in [2.75, 3.05) is 21.2 Å². The molecule has 0 aromatic carbocycles. The number of methoxy groups -OCH3 is 1. The van der Waals surface area contributed by atoms with Crippen molar-refractivity contribution in [3.8, 4) is 0 Å². The van der Waals surface area contributed by atoms with E-state index in [1.807, 2.05) is 14.1 Å². The van der Waals surface area contributed by atoms with Crippen molar-refractivity contribution < 1.29 is 9.53 Å². The smallest absolute Gasteiger partial charge is 0.322 e. The molecular formula is C6H13NO2. The van der Waals surface area contributed by atoms with Crippen LogP contribution >= 0.6 is 0 Å². The van der Waals surface area contributed by atoms with E-state index in [9.17, 15) is 4.79 Å². The van der Waals surface area contributed by atoms with E-state index in [1.54, 1.807) is 11.8 Å². The summed E-state index contributed by atoms with van der Waals surface area (Å²) < 4.78 is 4.49. The van der Waals surface area contributed by atoms with Crippen molar-refractivity contribution in [2.24, 2.45) is 0 Å². The number of hydrogen-bond acceptors (Lipinski definition) is 3. The molecule has 3 heteroatoms. The van der Waals surface area contributed by atoms with Crippen LogP contribution in [0.25, 0.3) is 0 Å². The topological polar surface area (TPSA) is 29.5 Å². The number of hydrogen-bond donors (Lipinski definition) is 0. The van der Waals surface area contributed by atoms with Crippen molar-refractivity contribution in [1.29, 1.82) is 0 Å². The Morgan fingerprint density at radius 3 is 2.11 bits per heavy atom. The van der Waals surface area contributed by atoms with Gasteiger partial charge < -0.3 is 4.74 Å². The molecule has 0 aromatic heterocycles. The van der Waals surface area contributed by atoms with Gasteiger partial charge in [0.15, 0.2) is 0 Å². The van der Waals surface area contributed by atoms with Crippen molar-refractivity contribution in [3.05, 3.63) is 0 Å². The quantitative estimate of drug-likeness (QED) is 0.498. The maximum Gasteiger partial charge on any atom is 0.322 e. The zero-order valence-electron chi connectivity index (χ0n) is 6.34. The summed E-state index contributed by atoms with van der Waals surface area (Å²) in [5.74, 6) is -0.194. The number of rotatable bonds is 2. The second-order valence-corrected chi connectivity index (χ2v) is 2.16. The first-order chi connectivity index (χ1) is 4.09. The summed E-state index contributed by atoms with van der Waals surface area (Å²) in [6.45, 7) is 1.80. The van der Waals surface area contributed by atoms with Crippen molar-refractivity contribution in [2.45, 2.75) is 13.0 Å². The van der Waals surface area contributed by atoms with Crippen LogP contribution in [-0.4, -0.2) is 38.1 Å². The number of carbonyl (C=O) groups excluding carboxylic acids is 1. The zero-order valence-corrected chi connectivity index (χ0v) is 6.34. The van der Waals surface area contributed by atoms with E-state index < -0.39 is 0 Å². The lowest BCUT2D eigenvalue weighted by Crippen LogP contribution is -2.33. The molecule has 0 rings (SSSR count). The van der Waals surface area contributed by atoms with Crippen LogP contribution in [0.2, 0.25) is 0 Å². The summed E-state index contributed by atoms with van der Waals surface area (Å²) in [5, 5.41) is 0. The summed E-state index contributed by atoms with van der Waals surface area (Å²) in [7, 11) is 5.06. The van der Waals surface area contributed by atoms with Gasteiger partial charge in [0.2, 0.25) is 0 Å². The van der Waals surface area contributed by atoms with Crippen LogP contribution < -0.4 is 0 Å². The van der Waals surface area contributed by atoms with Crippen LogP contribution in [0.15, 0.2) is 0 Å². The highest BCUT2D eigenvalue weighted by Gasteiger charge is 2.13. The van der Waals surface area contributed by atoms with E-state index in [1.165, 1.54) is 7.11 Å². The van der Waals surface area contributed by atoms with Crippen LogP contribution in [0.3, 0.4) is 0 Å². The molecule has 3 nitrogen and oxygen atoms in total. The Morgan fingerprint density at radius 2 is 2.00 bits per heavy atom. The van der Waals surface area contributed by atoms with Gasteiger partial charge in [-0.3, -0.25) is 9.69 Å². The Kier molecular flexibility index (Phi) is 3.24. The average molecular weight is 131 g/mol. The molecule has 0 aromatic rings. The predicted molar refractivity (Wildman–Crippen MR) is 35.2 cm³/mol. The summed E-state index contributed by atoms with van der Waals surface area (Å²) in [6, 6.07) is -0.144. The average Bonchev–Trinajstić information content (AvgIpc) is 1.84. The van der Waals surface area contributed by atoms with Crippen LogP contribution in [0, 0.1) is 0 Å². The second-order valence-electron chi connectivity index (χ2n) is 2.16. The first kappa shape index (κ1) is 8.43. The fourth-order valence-corrected chi connectivity index (χ4v) is 0.381. The van der Waals surface area contributed by atoms with E-state index >= 15 is 0 Å². The molecule has 0 spiro atoms. The van der Waals surface area contributed by atoms with Crippen LogP contribution in [0.4, 0.5) is 0 Å². The van der Waals surface area contributed by atoms with Crippen LogP contribution in [0.1, 0.15) is 6.92 Å².